The summed E-state index contributed by atoms with van der Waals surface area (Å²) in [6.45, 7) is 0.184. The Kier molecular flexibility index (Phi) is 4.87. The van der Waals surface area contributed by atoms with Gasteiger partial charge in [-0.25, -0.2) is 0 Å². The van der Waals surface area contributed by atoms with Crippen molar-refractivity contribution >= 4 is 28.9 Å². The van der Waals surface area contributed by atoms with Gasteiger partial charge in [0.05, 0.1) is 15.4 Å². The van der Waals surface area contributed by atoms with Gasteiger partial charge in [0.1, 0.15) is 0 Å². The minimum atomic E-state index is -0.872. The highest BCUT2D eigenvalue weighted by Crippen LogP contribution is 2.34. The number of hydrogen-bond acceptors (Lipinski definition) is 5. The Balaban J connectivity index is 2.29. The van der Waals surface area contributed by atoms with Crippen LogP contribution >= 0.6 is 11.6 Å². The molecular formula is C14H10ClN3O5. The average molecular weight is 336 g/mol. The molecule has 0 aliphatic carbocycles. The van der Waals surface area contributed by atoms with E-state index in [2.05, 4.69) is 5.32 Å². The molecule has 2 rings (SSSR count). The zero-order valence-electron chi connectivity index (χ0n) is 11.6. The highest BCUT2D eigenvalue weighted by Gasteiger charge is 2.27. The Morgan fingerprint density at radius 3 is 2.04 bits per heavy atom. The van der Waals surface area contributed by atoms with Gasteiger partial charge >= 0.3 is 0 Å². The van der Waals surface area contributed by atoms with Gasteiger partial charge in [-0.05, 0) is 5.56 Å². The van der Waals surface area contributed by atoms with Gasteiger partial charge in [0.25, 0.3) is 17.3 Å². The lowest BCUT2D eigenvalue weighted by Gasteiger charge is -2.06. The maximum atomic E-state index is 12.1. The zero-order chi connectivity index (χ0) is 17.0. The predicted molar refractivity (Wildman–Crippen MR) is 82.4 cm³/mol. The maximum absolute atomic E-state index is 12.1. The van der Waals surface area contributed by atoms with Crippen molar-refractivity contribution in [2.75, 3.05) is 0 Å². The summed E-state index contributed by atoms with van der Waals surface area (Å²) in [5.41, 5.74) is -0.765. The number of nitrogens with one attached hydrogen (secondary N) is 1. The number of amides is 1. The Labute approximate surface area is 135 Å². The molecule has 23 heavy (non-hydrogen) atoms. The van der Waals surface area contributed by atoms with E-state index in [0.29, 0.717) is 0 Å². The number of carbonyl (C=O) groups is 1. The van der Waals surface area contributed by atoms with E-state index in [1.54, 1.807) is 24.3 Å². The van der Waals surface area contributed by atoms with E-state index in [9.17, 15) is 25.0 Å². The molecule has 2 aromatic rings. The molecule has 0 spiro atoms. The molecule has 0 aromatic heterocycles. The van der Waals surface area contributed by atoms with Gasteiger partial charge in [0, 0.05) is 18.7 Å². The van der Waals surface area contributed by atoms with Crippen molar-refractivity contribution in [3.05, 3.63) is 78.8 Å². The second kappa shape index (κ2) is 6.84. The average Bonchev–Trinajstić information content (AvgIpc) is 2.53. The summed E-state index contributed by atoms with van der Waals surface area (Å²) >= 11 is 5.63. The largest absolute Gasteiger partial charge is 0.348 e. The number of rotatable bonds is 5. The smallest absolute Gasteiger partial charge is 0.295 e. The van der Waals surface area contributed by atoms with Crippen LogP contribution in [0.2, 0.25) is 5.02 Å². The molecule has 0 radical (unpaired) electrons. The fraction of sp³-hybridized carbons (Fsp3) is 0.0714. The first-order valence-corrected chi connectivity index (χ1v) is 6.72. The second-order valence-electron chi connectivity index (χ2n) is 4.51. The van der Waals surface area contributed by atoms with E-state index in [1.165, 1.54) is 0 Å². The zero-order valence-corrected chi connectivity index (χ0v) is 12.3. The standard InChI is InChI=1S/C14H10ClN3O5/c15-13-11(17(20)21)6-10(7-12(13)18(22)23)14(19)16-8-9-4-2-1-3-5-9/h1-7H,8H2,(H,16,19). The number of nitro benzene ring substituents is 2. The van der Waals surface area contributed by atoms with Gasteiger partial charge in [-0.2, -0.15) is 0 Å². The number of carbonyl (C=O) groups excluding carboxylic acids is 1. The quantitative estimate of drug-likeness (QED) is 0.665. The molecule has 1 amide bonds. The molecule has 0 heterocycles. The first kappa shape index (κ1) is 16.4. The summed E-state index contributed by atoms with van der Waals surface area (Å²) in [6, 6.07) is 10.8. The van der Waals surface area contributed by atoms with Crippen LogP contribution in [0, 0.1) is 20.2 Å². The highest BCUT2D eigenvalue weighted by molar-refractivity contribution is 6.35. The monoisotopic (exact) mass is 335 g/mol. The first-order chi connectivity index (χ1) is 10.9. The summed E-state index contributed by atoms with van der Waals surface area (Å²) in [5.74, 6) is -0.670. The number of benzene rings is 2. The van der Waals surface area contributed by atoms with Crippen LogP contribution in [0.3, 0.4) is 0 Å². The molecule has 1 N–H and O–H groups in total. The van der Waals surface area contributed by atoms with E-state index in [1.807, 2.05) is 6.07 Å². The maximum Gasteiger partial charge on any atom is 0.295 e. The summed E-state index contributed by atoms with van der Waals surface area (Å²) in [4.78, 5) is 32.2. The molecule has 0 aliphatic heterocycles. The van der Waals surface area contributed by atoms with E-state index < -0.39 is 32.2 Å². The van der Waals surface area contributed by atoms with Crippen molar-refractivity contribution in [3.8, 4) is 0 Å². The third-order valence-electron chi connectivity index (χ3n) is 2.99. The minimum Gasteiger partial charge on any atom is -0.348 e. The van der Waals surface area contributed by atoms with E-state index in [-0.39, 0.29) is 12.1 Å². The third-order valence-corrected chi connectivity index (χ3v) is 3.37. The Morgan fingerprint density at radius 2 is 1.57 bits per heavy atom. The van der Waals surface area contributed by atoms with Crippen LogP contribution in [-0.2, 0) is 6.54 Å². The summed E-state index contributed by atoms with van der Waals surface area (Å²) in [5, 5.41) is 23.8. The molecule has 0 bridgehead atoms. The van der Waals surface area contributed by atoms with Crippen LogP contribution in [0.5, 0.6) is 0 Å². The molecular weight excluding hydrogens is 326 g/mol. The lowest BCUT2D eigenvalue weighted by atomic mass is 10.1. The lowest BCUT2D eigenvalue weighted by Crippen LogP contribution is -2.23. The fourth-order valence-electron chi connectivity index (χ4n) is 1.87. The van der Waals surface area contributed by atoms with Crippen molar-refractivity contribution in [1.82, 2.24) is 5.32 Å². The number of nitro groups is 2. The molecule has 0 aliphatic rings. The van der Waals surface area contributed by atoms with Crippen molar-refractivity contribution in [2.24, 2.45) is 0 Å². The summed E-state index contributed by atoms with van der Waals surface area (Å²) in [7, 11) is 0. The number of hydrogen-bond donors (Lipinski definition) is 1. The first-order valence-electron chi connectivity index (χ1n) is 6.34. The number of nitrogens with zero attached hydrogens (tertiary/aromatic N) is 2. The van der Waals surface area contributed by atoms with Gasteiger partial charge in [-0.15, -0.1) is 0 Å². The van der Waals surface area contributed by atoms with Gasteiger partial charge < -0.3 is 5.32 Å². The normalized spacial score (nSPS) is 10.1. The van der Waals surface area contributed by atoms with Crippen molar-refractivity contribution in [3.63, 3.8) is 0 Å². The molecule has 2 aromatic carbocycles. The summed E-state index contributed by atoms with van der Waals surface area (Å²) < 4.78 is 0. The van der Waals surface area contributed by atoms with Gasteiger partial charge in [0.15, 0.2) is 5.02 Å². The molecule has 118 valence electrons. The Morgan fingerprint density at radius 1 is 1.04 bits per heavy atom. The predicted octanol–water partition coefficient (Wildman–Crippen LogP) is 3.09. The van der Waals surface area contributed by atoms with Crippen molar-refractivity contribution in [2.45, 2.75) is 6.54 Å². The van der Waals surface area contributed by atoms with Gasteiger partial charge in [0.2, 0.25) is 0 Å². The van der Waals surface area contributed by atoms with Gasteiger partial charge in [-0.3, -0.25) is 25.0 Å². The molecule has 8 nitrogen and oxygen atoms in total. The van der Waals surface area contributed by atoms with Crippen LogP contribution < -0.4 is 5.32 Å². The van der Waals surface area contributed by atoms with E-state index >= 15 is 0 Å². The SMILES string of the molecule is O=C(NCc1ccccc1)c1cc([N+](=O)[O-])c(Cl)c([N+](=O)[O-])c1. The summed E-state index contributed by atoms with van der Waals surface area (Å²) in [6.07, 6.45) is 0. The van der Waals surface area contributed by atoms with Gasteiger partial charge in [-0.1, -0.05) is 41.9 Å². The fourth-order valence-corrected chi connectivity index (χ4v) is 2.12. The topological polar surface area (TPSA) is 115 Å². The second-order valence-corrected chi connectivity index (χ2v) is 4.89. The minimum absolute atomic E-state index is 0.184. The Hall–Kier alpha value is -3.00. The van der Waals surface area contributed by atoms with E-state index in [4.69, 9.17) is 11.6 Å². The third kappa shape index (κ3) is 3.80. The van der Waals surface area contributed by atoms with Crippen LogP contribution in [0.1, 0.15) is 15.9 Å². The van der Waals surface area contributed by atoms with Crippen LogP contribution in [0.15, 0.2) is 42.5 Å². The molecule has 9 heteroatoms. The van der Waals surface area contributed by atoms with Crippen LogP contribution in [0.4, 0.5) is 11.4 Å². The Bertz CT molecular complexity index is 744. The molecule has 0 saturated carbocycles. The molecule has 0 unspecified atom stereocenters. The van der Waals surface area contributed by atoms with Crippen LogP contribution in [0.25, 0.3) is 0 Å². The number of halogens is 1. The molecule has 0 saturated heterocycles. The van der Waals surface area contributed by atoms with Crippen molar-refractivity contribution < 1.29 is 14.6 Å². The molecule has 0 fully saturated rings. The highest BCUT2D eigenvalue weighted by atomic mass is 35.5. The van der Waals surface area contributed by atoms with Crippen molar-refractivity contribution in [1.29, 1.82) is 0 Å². The lowest BCUT2D eigenvalue weighted by molar-refractivity contribution is -0.393. The van der Waals surface area contributed by atoms with E-state index in [0.717, 1.165) is 17.7 Å². The molecule has 0 atom stereocenters. The van der Waals surface area contributed by atoms with Crippen LogP contribution in [-0.4, -0.2) is 15.8 Å².